The molecule has 2 rings (SSSR count). The summed E-state index contributed by atoms with van der Waals surface area (Å²) in [6.45, 7) is 6.38. The minimum absolute atomic E-state index is 0.359. The van der Waals surface area contributed by atoms with Crippen molar-refractivity contribution in [3.63, 3.8) is 0 Å². The number of aliphatic imine (C=N–C) groups is 1. The van der Waals surface area contributed by atoms with Gasteiger partial charge in [0.1, 0.15) is 5.75 Å². The van der Waals surface area contributed by atoms with Crippen molar-refractivity contribution in [2.24, 2.45) is 4.99 Å². The van der Waals surface area contributed by atoms with Crippen LogP contribution >= 0.6 is 0 Å². The Balaban J connectivity index is 2.61. The average Bonchev–Trinajstić information content (AvgIpc) is 2.87. The van der Waals surface area contributed by atoms with Crippen LogP contribution in [0.15, 0.2) is 17.1 Å². The van der Waals surface area contributed by atoms with Crippen LogP contribution in [-0.2, 0) is 10.3 Å². The van der Waals surface area contributed by atoms with Gasteiger partial charge in [0.25, 0.3) is 0 Å². The second kappa shape index (κ2) is 5.80. The minimum atomic E-state index is -0.359. The van der Waals surface area contributed by atoms with Crippen molar-refractivity contribution in [3.8, 4) is 5.75 Å². The van der Waals surface area contributed by atoms with Gasteiger partial charge >= 0.3 is 0 Å². The number of aryl methyl sites for hydroxylation is 1. The molecule has 0 heterocycles. The van der Waals surface area contributed by atoms with Crippen LogP contribution in [0.1, 0.15) is 62.1 Å². The molecular weight excluding hydrogens is 250 g/mol. The Morgan fingerprint density at radius 3 is 2.45 bits per heavy atom. The van der Waals surface area contributed by atoms with Crippen molar-refractivity contribution in [3.05, 3.63) is 28.8 Å². The molecule has 1 saturated carbocycles. The number of benzene rings is 1. The zero-order valence-corrected chi connectivity index (χ0v) is 12.8. The van der Waals surface area contributed by atoms with E-state index in [4.69, 9.17) is 4.74 Å². The third-order valence-electron chi connectivity index (χ3n) is 4.39. The maximum Gasteiger partial charge on any atom is 0.235 e. The van der Waals surface area contributed by atoms with Crippen molar-refractivity contribution in [1.29, 1.82) is 0 Å². The number of methoxy groups -OCH3 is 1. The fourth-order valence-corrected chi connectivity index (χ4v) is 3.32. The summed E-state index contributed by atoms with van der Waals surface area (Å²) in [5.41, 5.74) is 3.14. The summed E-state index contributed by atoms with van der Waals surface area (Å²) in [6, 6.07) is 4.26. The molecule has 20 heavy (non-hydrogen) atoms. The number of ether oxygens (including phenoxy) is 1. The molecule has 0 amide bonds. The molecule has 1 aliphatic rings. The molecule has 1 aromatic carbocycles. The lowest BCUT2D eigenvalue weighted by Crippen LogP contribution is -2.21. The van der Waals surface area contributed by atoms with E-state index in [0.717, 1.165) is 37.0 Å². The maximum absolute atomic E-state index is 10.9. The molecule has 0 aliphatic heterocycles. The summed E-state index contributed by atoms with van der Waals surface area (Å²) < 4.78 is 5.49. The first-order valence-electron chi connectivity index (χ1n) is 7.32. The van der Waals surface area contributed by atoms with E-state index in [-0.39, 0.29) is 5.54 Å². The quantitative estimate of drug-likeness (QED) is 0.608. The number of nitrogens with zero attached hydrogens (tertiary/aromatic N) is 1. The summed E-state index contributed by atoms with van der Waals surface area (Å²) in [4.78, 5) is 15.1. The second-order valence-electron chi connectivity index (χ2n) is 6.01. The summed E-state index contributed by atoms with van der Waals surface area (Å²) >= 11 is 0. The summed E-state index contributed by atoms with van der Waals surface area (Å²) in [7, 11) is 1.70. The summed E-state index contributed by atoms with van der Waals surface area (Å²) in [5, 5.41) is 0. The Labute approximate surface area is 121 Å². The van der Waals surface area contributed by atoms with Gasteiger partial charge in [0.05, 0.1) is 12.6 Å². The van der Waals surface area contributed by atoms with Gasteiger partial charge in [0, 0.05) is 0 Å². The normalized spacial score (nSPS) is 17.1. The molecule has 108 valence electrons. The number of hydrogen-bond donors (Lipinski definition) is 0. The van der Waals surface area contributed by atoms with Crippen molar-refractivity contribution < 1.29 is 9.53 Å². The van der Waals surface area contributed by atoms with Gasteiger partial charge in [-0.25, -0.2) is 4.79 Å². The molecule has 0 bridgehead atoms. The lowest BCUT2D eigenvalue weighted by atomic mass is 9.83. The van der Waals surface area contributed by atoms with Crippen LogP contribution in [0.3, 0.4) is 0 Å². The third kappa shape index (κ3) is 2.51. The molecule has 0 radical (unpaired) electrons. The van der Waals surface area contributed by atoms with Crippen LogP contribution in [0.2, 0.25) is 0 Å². The van der Waals surface area contributed by atoms with E-state index >= 15 is 0 Å². The predicted molar refractivity (Wildman–Crippen MR) is 80.1 cm³/mol. The van der Waals surface area contributed by atoms with E-state index in [1.165, 1.54) is 11.1 Å². The highest BCUT2D eigenvalue weighted by molar-refractivity contribution is 5.48. The molecule has 0 atom stereocenters. The lowest BCUT2D eigenvalue weighted by Gasteiger charge is -2.27. The van der Waals surface area contributed by atoms with Crippen LogP contribution in [0.25, 0.3) is 0 Å². The zero-order valence-electron chi connectivity index (χ0n) is 12.8. The maximum atomic E-state index is 10.9. The molecule has 3 heteroatoms. The number of hydrogen-bond acceptors (Lipinski definition) is 3. The van der Waals surface area contributed by atoms with Crippen LogP contribution in [-0.4, -0.2) is 13.2 Å². The largest absolute Gasteiger partial charge is 0.496 e. The van der Waals surface area contributed by atoms with Gasteiger partial charge in [-0.15, -0.1) is 0 Å². The first-order valence-corrected chi connectivity index (χ1v) is 7.32. The van der Waals surface area contributed by atoms with Gasteiger partial charge in [0.2, 0.25) is 6.08 Å². The van der Waals surface area contributed by atoms with Gasteiger partial charge in [-0.05, 0) is 54.5 Å². The standard InChI is InChI=1S/C17H23NO2/c1-12(2)14-10-15(13(3)9-16(14)20-4)17(18-11-19)7-5-6-8-17/h9-10,12H,5-8H2,1-4H3. The van der Waals surface area contributed by atoms with Gasteiger partial charge in [-0.2, -0.15) is 4.99 Å². The monoisotopic (exact) mass is 273 g/mol. The molecule has 0 aromatic heterocycles. The lowest BCUT2D eigenvalue weighted by molar-refractivity contribution is 0.404. The van der Waals surface area contributed by atoms with Gasteiger partial charge < -0.3 is 4.74 Å². The molecule has 0 N–H and O–H groups in total. The molecular formula is C17H23NO2. The minimum Gasteiger partial charge on any atom is -0.496 e. The summed E-state index contributed by atoms with van der Waals surface area (Å²) in [6.07, 6.45) is 5.91. The molecule has 1 fully saturated rings. The van der Waals surface area contributed by atoms with E-state index in [1.54, 1.807) is 13.2 Å². The topological polar surface area (TPSA) is 38.7 Å². The summed E-state index contributed by atoms with van der Waals surface area (Å²) in [5.74, 6) is 1.30. The molecule has 1 aliphatic carbocycles. The van der Waals surface area contributed by atoms with Crippen molar-refractivity contribution in [2.45, 2.75) is 57.9 Å². The third-order valence-corrected chi connectivity index (χ3v) is 4.39. The van der Waals surface area contributed by atoms with E-state index in [9.17, 15) is 4.79 Å². The van der Waals surface area contributed by atoms with Crippen LogP contribution in [0.4, 0.5) is 0 Å². The Hall–Kier alpha value is -1.60. The first kappa shape index (κ1) is 14.8. The van der Waals surface area contributed by atoms with E-state index in [1.807, 2.05) is 0 Å². The SMILES string of the molecule is COc1cc(C)c(C2(N=C=O)CCCC2)cc1C(C)C. The van der Waals surface area contributed by atoms with Crippen LogP contribution in [0, 0.1) is 6.92 Å². The van der Waals surface area contributed by atoms with E-state index < -0.39 is 0 Å². The molecule has 0 unspecified atom stereocenters. The number of rotatable bonds is 4. The first-order chi connectivity index (χ1) is 9.54. The predicted octanol–water partition coefficient (Wildman–Crippen LogP) is 4.23. The number of carbonyl (C=O) groups excluding carboxylic acids is 1. The Kier molecular flexibility index (Phi) is 4.29. The average molecular weight is 273 g/mol. The van der Waals surface area contributed by atoms with Gasteiger partial charge in [-0.3, -0.25) is 0 Å². The van der Waals surface area contributed by atoms with Crippen molar-refractivity contribution >= 4 is 6.08 Å². The highest BCUT2D eigenvalue weighted by Gasteiger charge is 2.37. The van der Waals surface area contributed by atoms with Crippen molar-refractivity contribution in [1.82, 2.24) is 0 Å². The molecule has 0 spiro atoms. The highest BCUT2D eigenvalue weighted by atomic mass is 16.5. The number of isocyanates is 1. The van der Waals surface area contributed by atoms with Gasteiger partial charge in [0.15, 0.2) is 0 Å². The Bertz CT molecular complexity index is 536. The van der Waals surface area contributed by atoms with Crippen LogP contribution in [0.5, 0.6) is 5.75 Å². The molecule has 0 saturated heterocycles. The van der Waals surface area contributed by atoms with Gasteiger partial charge in [-0.1, -0.05) is 26.7 Å². The Morgan fingerprint density at radius 2 is 1.95 bits per heavy atom. The van der Waals surface area contributed by atoms with E-state index in [0.29, 0.717) is 5.92 Å². The second-order valence-corrected chi connectivity index (χ2v) is 6.01. The highest BCUT2D eigenvalue weighted by Crippen LogP contribution is 2.45. The zero-order chi connectivity index (χ0) is 14.8. The fraction of sp³-hybridized carbons (Fsp3) is 0.588. The van der Waals surface area contributed by atoms with E-state index in [2.05, 4.69) is 37.9 Å². The van der Waals surface area contributed by atoms with Crippen LogP contribution < -0.4 is 4.74 Å². The Morgan fingerprint density at radius 1 is 1.30 bits per heavy atom. The molecule has 3 nitrogen and oxygen atoms in total. The van der Waals surface area contributed by atoms with Crippen molar-refractivity contribution in [2.75, 3.05) is 7.11 Å². The molecule has 1 aromatic rings. The smallest absolute Gasteiger partial charge is 0.235 e. The fourth-order valence-electron chi connectivity index (χ4n) is 3.32.